The van der Waals surface area contributed by atoms with Gasteiger partial charge in [-0.05, 0) is 80.8 Å². The molecule has 1 aromatic carbocycles. The van der Waals surface area contributed by atoms with Gasteiger partial charge in [0.2, 0.25) is 11.8 Å². The fourth-order valence-corrected chi connectivity index (χ4v) is 10.4. The first-order chi connectivity index (χ1) is 26.8. The summed E-state index contributed by atoms with van der Waals surface area (Å²) >= 11 is 1.22. The van der Waals surface area contributed by atoms with Crippen LogP contribution >= 0.6 is 11.3 Å². The highest BCUT2D eigenvalue weighted by atomic mass is 32.1. The third-order valence-corrected chi connectivity index (χ3v) is 14.1. The van der Waals surface area contributed by atoms with E-state index in [-0.39, 0.29) is 70.2 Å². The summed E-state index contributed by atoms with van der Waals surface area (Å²) in [6, 6.07) is 8.05. The van der Waals surface area contributed by atoms with Crippen LogP contribution < -0.4 is 10.6 Å². The van der Waals surface area contributed by atoms with E-state index >= 15 is 0 Å². The molecule has 4 fully saturated rings. The number of rotatable bonds is 17. The van der Waals surface area contributed by atoms with Crippen molar-refractivity contribution in [1.29, 1.82) is 0 Å². The predicted octanol–water partition coefficient (Wildman–Crippen LogP) is 6.35. The van der Waals surface area contributed by atoms with Crippen molar-refractivity contribution in [3.8, 4) is 0 Å². The van der Waals surface area contributed by atoms with Crippen LogP contribution in [0.15, 0.2) is 35.7 Å². The summed E-state index contributed by atoms with van der Waals surface area (Å²) in [5.41, 5.74) is 1.17. The molecule has 3 saturated carbocycles. The Bertz CT molecular complexity index is 1740. The maximum atomic E-state index is 14.8. The van der Waals surface area contributed by atoms with E-state index in [1.54, 1.807) is 24.3 Å². The van der Waals surface area contributed by atoms with E-state index in [9.17, 15) is 24.0 Å². The Kier molecular flexibility index (Phi) is 14.0. The zero-order chi connectivity index (χ0) is 41.9. The second-order valence-corrected chi connectivity index (χ2v) is 19.4. The molecule has 2 heterocycles. The zero-order valence-corrected chi connectivity index (χ0v) is 36.5. The minimum absolute atomic E-state index is 0.0370. The van der Waals surface area contributed by atoms with Crippen LogP contribution in [0.5, 0.6) is 0 Å². The van der Waals surface area contributed by atoms with E-state index in [1.165, 1.54) is 25.4 Å². The molecule has 0 spiro atoms. The molecule has 6 rings (SSSR count). The van der Waals surface area contributed by atoms with Crippen molar-refractivity contribution in [2.45, 2.75) is 137 Å². The van der Waals surface area contributed by atoms with Crippen molar-refractivity contribution < 1.29 is 33.4 Å². The number of esters is 2. The Morgan fingerprint density at radius 1 is 1.02 bits per heavy atom. The Morgan fingerprint density at radius 3 is 2.26 bits per heavy atom. The normalized spacial score (nSPS) is 24.4. The van der Waals surface area contributed by atoms with Crippen molar-refractivity contribution in [3.05, 3.63) is 52.0 Å². The smallest absolute Gasteiger partial charge is 0.308 e. The second kappa shape index (κ2) is 18.0. The van der Waals surface area contributed by atoms with Gasteiger partial charge in [-0.2, -0.15) is 0 Å². The van der Waals surface area contributed by atoms with E-state index in [0.717, 1.165) is 50.6 Å². The highest BCUT2D eigenvalue weighted by Crippen LogP contribution is 2.80. The molecule has 314 valence electrons. The Morgan fingerprint density at radius 2 is 1.68 bits per heavy atom. The van der Waals surface area contributed by atoms with Crippen molar-refractivity contribution in [2.75, 3.05) is 27.7 Å². The molecule has 2 N–H and O–H groups in total. The highest BCUT2D eigenvalue weighted by molar-refractivity contribution is 7.09. The minimum Gasteiger partial charge on any atom is -0.469 e. The average molecular weight is 808 g/mol. The number of carbonyl (C=O) groups is 5. The lowest BCUT2D eigenvalue weighted by Gasteiger charge is -2.77. The summed E-state index contributed by atoms with van der Waals surface area (Å²) in [4.78, 5) is 75.7. The largest absolute Gasteiger partial charge is 0.469 e. The number of benzene rings is 1. The molecule has 0 radical (unpaired) electrons. The second-order valence-electron chi connectivity index (χ2n) is 18.5. The van der Waals surface area contributed by atoms with Crippen LogP contribution in [-0.2, 0) is 35.1 Å². The topological polar surface area (TPSA) is 147 Å². The number of likely N-dealkylation sites (N-methyl/N-ethyl adjacent to an activating group) is 2. The lowest BCUT2D eigenvalue weighted by atomic mass is 9.28. The Hall–Kier alpha value is -3.84. The third-order valence-electron chi connectivity index (χ3n) is 13.2. The van der Waals surface area contributed by atoms with Crippen molar-refractivity contribution in [1.82, 2.24) is 25.4 Å². The summed E-state index contributed by atoms with van der Waals surface area (Å²) in [7, 11) is 5.12. The minimum atomic E-state index is -0.820. The zero-order valence-electron chi connectivity index (χ0n) is 35.7. The van der Waals surface area contributed by atoms with Crippen LogP contribution in [0.1, 0.15) is 127 Å². The molecular formula is C44H65N5O7S. The maximum Gasteiger partial charge on any atom is 0.308 e. The molecule has 13 heteroatoms. The van der Waals surface area contributed by atoms with Crippen LogP contribution in [-0.4, -0.2) is 96.4 Å². The van der Waals surface area contributed by atoms with E-state index in [0.29, 0.717) is 17.8 Å². The Balaban J connectivity index is 1.34. The van der Waals surface area contributed by atoms with Crippen LogP contribution in [0.4, 0.5) is 0 Å². The molecule has 2 aromatic rings. The summed E-state index contributed by atoms with van der Waals surface area (Å²) < 4.78 is 10.8. The molecule has 3 amide bonds. The van der Waals surface area contributed by atoms with Crippen LogP contribution in [0.2, 0.25) is 0 Å². The van der Waals surface area contributed by atoms with Crippen LogP contribution in [0.3, 0.4) is 0 Å². The van der Waals surface area contributed by atoms with Crippen molar-refractivity contribution >= 4 is 41.0 Å². The van der Waals surface area contributed by atoms with Gasteiger partial charge in [-0.3, -0.25) is 28.9 Å². The van der Waals surface area contributed by atoms with Gasteiger partial charge in [-0.15, -0.1) is 11.3 Å². The first-order valence-electron chi connectivity index (χ1n) is 20.6. The molecule has 4 aliphatic rings. The van der Waals surface area contributed by atoms with E-state index in [1.807, 2.05) is 51.2 Å². The molecule has 57 heavy (non-hydrogen) atoms. The van der Waals surface area contributed by atoms with E-state index in [2.05, 4.69) is 41.3 Å². The molecule has 1 aromatic heterocycles. The number of piperidine rings is 1. The average Bonchev–Trinajstić information content (AvgIpc) is 3.61. The number of nitrogens with one attached hydrogen (secondary N) is 2. The van der Waals surface area contributed by atoms with Gasteiger partial charge in [0.25, 0.3) is 5.91 Å². The van der Waals surface area contributed by atoms with Gasteiger partial charge < -0.3 is 25.0 Å². The van der Waals surface area contributed by atoms with Crippen LogP contribution in [0, 0.1) is 28.1 Å². The van der Waals surface area contributed by atoms with Crippen molar-refractivity contribution in [2.24, 2.45) is 28.1 Å². The molecule has 2 bridgehead atoms. The number of amides is 3. The lowest BCUT2D eigenvalue weighted by molar-refractivity contribution is -0.270. The molecule has 6 atom stereocenters. The lowest BCUT2D eigenvalue weighted by Crippen LogP contribution is -2.76. The fraction of sp³-hybridized carbons (Fsp3) is 0.682. The molecule has 3 aliphatic carbocycles. The standard InChI is InChI=1S/C44H65N5O7S/c1-27(2)34(49(9)40(53)36(43-24-44(25-43,26-43)42(5,6)7)47-38(52)33-18-14-15-19-48(33)8)22-35(56-29(4)50)39-46-32(23-57-39)37(51)45-31(20-28(3)41(54)55-10)21-30-16-12-11-13-17-30/h11-13,16-17,23,27-28,31,33-36H,14-15,18-22,24-26H2,1-10H3,(H,45,51)(H,47,52)/t28-,31+,33+,34+,35+,36+,43?,44?/m0/s1. The predicted molar refractivity (Wildman–Crippen MR) is 220 cm³/mol. The van der Waals surface area contributed by atoms with Crippen LogP contribution in [0.25, 0.3) is 0 Å². The maximum absolute atomic E-state index is 14.8. The third kappa shape index (κ3) is 9.90. The quantitative estimate of drug-likeness (QED) is 0.175. The van der Waals surface area contributed by atoms with Gasteiger partial charge in [0, 0.05) is 43.3 Å². The van der Waals surface area contributed by atoms with E-state index < -0.39 is 29.9 Å². The number of ether oxygens (including phenoxy) is 2. The first-order valence-corrected chi connectivity index (χ1v) is 21.5. The molecule has 0 unspecified atom stereocenters. The molecule has 12 nitrogen and oxygen atoms in total. The van der Waals surface area contributed by atoms with Gasteiger partial charge in [0.05, 0.1) is 19.1 Å². The monoisotopic (exact) mass is 807 g/mol. The molecular weight excluding hydrogens is 743 g/mol. The summed E-state index contributed by atoms with van der Waals surface area (Å²) in [6.45, 7) is 14.8. The summed E-state index contributed by atoms with van der Waals surface area (Å²) in [5, 5.41) is 8.45. The SMILES string of the molecule is COC(=O)[C@@H](C)C[C@H](Cc1ccccc1)NC(=O)c1csc([C@@H](C[C@H](C(C)C)N(C)C(=O)[C@@H](NC(=O)[C@H]2CCCCN2C)C23CC(C(C)(C)C)(C2)C3)OC(C)=O)n1. The molecule has 1 aliphatic heterocycles. The van der Waals surface area contributed by atoms with Gasteiger partial charge in [0.15, 0.2) is 6.10 Å². The van der Waals surface area contributed by atoms with Gasteiger partial charge >= 0.3 is 11.9 Å². The van der Waals surface area contributed by atoms with Crippen molar-refractivity contribution in [3.63, 3.8) is 0 Å². The fourth-order valence-electron chi connectivity index (χ4n) is 9.57. The van der Waals surface area contributed by atoms with E-state index in [4.69, 9.17) is 9.47 Å². The highest BCUT2D eigenvalue weighted by Gasteiger charge is 2.75. The number of carbonyl (C=O) groups excluding carboxylic acids is 5. The summed E-state index contributed by atoms with van der Waals surface area (Å²) in [6.07, 6.45) is 5.81. The number of likely N-dealkylation sites (tertiary alicyclic amines) is 1. The summed E-state index contributed by atoms with van der Waals surface area (Å²) in [5.74, 6) is -1.95. The van der Waals surface area contributed by atoms with Gasteiger partial charge in [-0.25, -0.2) is 4.98 Å². The van der Waals surface area contributed by atoms with Gasteiger partial charge in [-0.1, -0.05) is 78.3 Å². The van der Waals surface area contributed by atoms with Gasteiger partial charge in [0.1, 0.15) is 16.7 Å². The molecule has 1 saturated heterocycles. The number of thiazole rings is 1. The number of aromatic nitrogens is 1. The number of hydrogen-bond donors (Lipinski definition) is 2. The number of nitrogens with zero attached hydrogens (tertiary/aromatic N) is 3. The first kappa shape index (κ1) is 44.3. The number of methoxy groups -OCH3 is 1. The number of hydrogen-bond acceptors (Lipinski definition) is 10. The Labute approximate surface area is 343 Å².